The first-order chi connectivity index (χ1) is 14.3. The molecule has 8 nitrogen and oxygen atoms in total. The number of halogens is 3. The van der Waals surface area contributed by atoms with Gasteiger partial charge in [-0.05, 0) is 5.56 Å². The Morgan fingerprint density at radius 2 is 2.00 bits per heavy atom. The summed E-state index contributed by atoms with van der Waals surface area (Å²) < 4.78 is 40.5. The third-order valence-electron chi connectivity index (χ3n) is 4.59. The normalized spacial score (nSPS) is 15.5. The topological polar surface area (TPSA) is 149 Å². The summed E-state index contributed by atoms with van der Waals surface area (Å²) in [6.45, 7) is 0. The second-order valence-corrected chi connectivity index (χ2v) is 7.15. The van der Waals surface area contributed by atoms with Crippen molar-refractivity contribution < 1.29 is 13.2 Å². The van der Waals surface area contributed by atoms with Crippen molar-refractivity contribution in [2.45, 2.75) is 12.2 Å². The van der Waals surface area contributed by atoms with Gasteiger partial charge in [0.05, 0.1) is 11.3 Å². The summed E-state index contributed by atoms with van der Waals surface area (Å²) in [4.78, 5) is 8.53. The molecule has 0 aliphatic carbocycles. The number of hydrogen-bond donors (Lipinski definition) is 4. The van der Waals surface area contributed by atoms with Gasteiger partial charge in [0.2, 0.25) is 5.96 Å². The van der Waals surface area contributed by atoms with E-state index in [1.807, 2.05) is 6.07 Å². The molecule has 30 heavy (non-hydrogen) atoms. The number of nitrogen functional groups attached to an aromatic ring is 2. The van der Waals surface area contributed by atoms with Crippen LogP contribution in [0.2, 0.25) is 0 Å². The Kier molecular flexibility index (Phi) is 4.37. The summed E-state index contributed by atoms with van der Waals surface area (Å²) in [6.07, 6.45) is -2.79. The fraction of sp³-hybridized carbons (Fsp3) is 0.111. The number of pyridine rings is 1. The number of thiophene rings is 1. The molecule has 0 radical (unpaired) electrons. The third-order valence-corrected chi connectivity index (χ3v) is 5.63. The van der Waals surface area contributed by atoms with Gasteiger partial charge in [-0.2, -0.15) is 23.7 Å². The van der Waals surface area contributed by atoms with Gasteiger partial charge in [0.25, 0.3) is 0 Å². The highest BCUT2D eigenvalue weighted by molar-refractivity contribution is 7.17. The van der Waals surface area contributed by atoms with Crippen molar-refractivity contribution in [1.29, 1.82) is 10.5 Å². The minimum atomic E-state index is -4.51. The van der Waals surface area contributed by atoms with E-state index in [2.05, 4.69) is 20.6 Å². The zero-order valence-electron chi connectivity index (χ0n) is 14.9. The van der Waals surface area contributed by atoms with Gasteiger partial charge < -0.3 is 16.8 Å². The Labute approximate surface area is 171 Å². The molecule has 4 rings (SSSR count). The third kappa shape index (κ3) is 2.91. The van der Waals surface area contributed by atoms with E-state index in [-0.39, 0.29) is 34.2 Å². The number of guanidine groups is 1. The first kappa shape index (κ1) is 19.3. The van der Waals surface area contributed by atoms with E-state index < -0.39 is 17.8 Å². The molecular formula is C18H11F3N8S. The number of fused-ring (bicyclic) bond motifs is 2. The molecule has 0 amide bonds. The molecule has 2 aromatic heterocycles. The molecule has 1 aliphatic heterocycles. The maximum Gasteiger partial charge on any atom is 0.417 e. The van der Waals surface area contributed by atoms with Crippen LogP contribution in [0.25, 0.3) is 10.1 Å². The number of anilines is 3. The van der Waals surface area contributed by atoms with Crippen LogP contribution in [-0.2, 0) is 6.18 Å². The predicted molar refractivity (Wildman–Crippen MR) is 106 cm³/mol. The zero-order valence-corrected chi connectivity index (χ0v) is 15.7. The van der Waals surface area contributed by atoms with Crippen molar-refractivity contribution in [3.63, 3.8) is 0 Å². The summed E-state index contributed by atoms with van der Waals surface area (Å²) in [5.41, 5.74) is 11.9. The average molecular weight is 428 g/mol. The molecule has 0 saturated heterocycles. The Bertz CT molecular complexity index is 1300. The average Bonchev–Trinajstić information content (AvgIpc) is 3.12. The van der Waals surface area contributed by atoms with Crippen LogP contribution < -0.4 is 22.1 Å². The monoisotopic (exact) mass is 428 g/mol. The summed E-state index contributed by atoms with van der Waals surface area (Å²) in [6, 6.07) is 5.45. The Hall–Kier alpha value is -4.03. The van der Waals surface area contributed by atoms with Gasteiger partial charge in [0.15, 0.2) is 6.19 Å². The minimum Gasteiger partial charge on any atom is -0.397 e. The van der Waals surface area contributed by atoms with Crippen molar-refractivity contribution in [1.82, 2.24) is 10.3 Å². The quantitative estimate of drug-likeness (QED) is 0.343. The van der Waals surface area contributed by atoms with Gasteiger partial charge >= 0.3 is 6.18 Å². The van der Waals surface area contributed by atoms with E-state index >= 15 is 0 Å². The molecule has 1 atom stereocenters. The molecule has 3 aromatic rings. The van der Waals surface area contributed by atoms with Crippen LogP contribution in [0, 0.1) is 22.8 Å². The molecule has 1 aromatic carbocycles. The first-order valence-electron chi connectivity index (χ1n) is 8.32. The Morgan fingerprint density at radius 1 is 1.23 bits per heavy atom. The van der Waals surface area contributed by atoms with Gasteiger partial charge in [-0.3, -0.25) is 5.32 Å². The highest BCUT2D eigenvalue weighted by Crippen LogP contribution is 2.46. The highest BCUT2D eigenvalue weighted by Gasteiger charge is 2.36. The maximum absolute atomic E-state index is 13.4. The number of nitrogens with two attached hydrogens (primary N) is 2. The van der Waals surface area contributed by atoms with Gasteiger partial charge in [-0.25, -0.2) is 9.98 Å². The number of nitrogens with one attached hydrogen (secondary N) is 2. The van der Waals surface area contributed by atoms with Crippen LogP contribution in [-0.4, -0.2) is 10.9 Å². The van der Waals surface area contributed by atoms with Crippen LogP contribution in [0.1, 0.15) is 28.3 Å². The molecule has 0 saturated carbocycles. The predicted octanol–water partition coefficient (Wildman–Crippen LogP) is 3.29. The van der Waals surface area contributed by atoms with E-state index in [9.17, 15) is 18.4 Å². The molecule has 150 valence electrons. The number of alkyl halides is 3. The van der Waals surface area contributed by atoms with Crippen LogP contribution >= 0.6 is 11.3 Å². The molecule has 3 heterocycles. The molecule has 0 bridgehead atoms. The summed E-state index contributed by atoms with van der Waals surface area (Å²) in [5.74, 6) is 0.0638. The second-order valence-electron chi connectivity index (χ2n) is 6.27. The van der Waals surface area contributed by atoms with Crippen molar-refractivity contribution in [3.8, 4) is 12.3 Å². The van der Waals surface area contributed by atoms with Gasteiger partial charge in [0.1, 0.15) is 29.3 Å². The van der Waals surface area contributed by atoms with Gasteiger partial charge in [-0.15, -0.1) is 11.3 Å². The number of aromatic nitrogens is 1. The SMILES string of the molecule is N#CNC1=NC(c2cccc3c(C(F)(F)F)csc23)c2c(nc(N)c(C#N)c2N)N1. The molecular weight excluding hydrogens is 417 g/mol. The largest absolute Gasteiger partial charge is 0.417 e. The van der Waals surface area contributed by atoms with E-state index in [0.29, 0.717) is 15.8 Å². The van der Waals surface area contributed by atoms with Crippen molar-refractivity contribution in [2.24, 2.45) is 4.99 Å². The Balaban J connectivity index is 2.01. The molecule has 1 aliphatic rings. The lowest BCUT2D eigenvalue weighted by atomic mass is 9.94. The van der Waals surface area contributed by atoms with Gasteiger partial charge in [-0.1, -0.05) is 18.2 Å². The molecule has 12 heteroatoms. The number of aliphatic imine (C=N–C) groups is 1. The number of benzene rings is 1. The lowest BCUT2D eigenvalue weighted by Gasteiger charge is -2.26. The van der Waals surface area contributed by atoms with Crippen molar-refractivity contribution >= 4 is 44.7 Å². The highest BCUT2D eigenvalue weighted by atomic mass is 32.1. The van der Waals surface area contributed by atoms with E-state index in [1.165, 1.54) is 12.1 Å². The smallest absolute Gasteiger partial charge is 0.397 e. The number of hydrogen-bond acceptors (Lipinski definition) is 9. The summed E-state index contributed by atoms with van der Waals surface area (Å²) in [7, 11) is 0. The molecule has 1 unspecified atom stereocenters. The number of nitrogens with zero attached hydrogens (tertiary/aromatic N) is 4. The Morgan fingerprint density at radius 3 is 2.67 bits per heavy atom. The zero-order chi connectivity index (χ0) is 21.6. The fourth-order valence-corrected chi connectivity index (χ4v) is 4.44. The molecule has 0 fully saturated rings. The standard InChI is InChI=1S/C18H11F3N8S/c19-18(20,21)10-5-30-14-7(10)2-1-3-8(14)13-11-12(24)9(4-22)15(25)28-16(11)29-17(27-13)26-6-23/h1-3,5,13H,(H6,24,25,26,27,28,29). The number of rotatable bonds is 1. The van der Waals surface area contributed by atoms with Crippen molar-refractivity contribution in [2.75, 3.05) is 16.8 Å². The van der Waals surface area contributed by atoms with Crippen LogP contribution in [0.4, 0.5) is 30.5 Å². The maximum atomic E-state index is 13.4. The minimum absolute atomic E-state index is 0.0156. The van der Waals surface area contributed by atoms with Crippen LogP contribution in [0.15, 0.2) is 28.6 Å². The van der Waals surface area contributed by atoms with E-state index in [1.54, 1.807) is 12.3 Å². The summed E-state index contributed by atoms with van der Waals surface area (Å²) in [5, 5.41) is 24.5. The second kappa shape index (κ2) is 6.79. The van der Waals surface area contributed by atoms with E-state index in [0.717, 1.165) is 16.7 Å². The van der Waals surface area contributed by atoms with Crippen LogP contribution in [0.5, 0.6) is 0 Å². The van der Waals surface area contributed by atoms with Gasteiger partial charge in [0, 0.05) is 21.0 Å². The lowest BCUT2D eigenvalue weighted by Crippen LogP contribution is -2.32. The van der Waals surface area contributed by atoms with Crippen molar-refractivity contribution in [3.05, 3.63) is 45.8 Å². The molecule has 6 N–H and O–H groups in total. The van der Waals surface area contributed by atoms with Crippen LogP contribution in [0.3, 0.4) is 0 Å². The summed E-state index contributed by atoms with van der Waals surface area (Å²) >= 11 is 0.923. The lowest BCUT2D eigenvalue weighted by molar-refractivity contribution is -0.136. The number of nitriles is 2. The fourth-order valence-electron chi connectivity index (χ4n) is 3.32. The molecule has 0 spiro atoms. The first-order valence-corrected chi connectivity index (χ1v) is 9.20. The van der Waals surface area contributed by atoms with E-state index in [4.69, 9.17) is 16.7 Å².